The first-order chi connectivity index (χ1) is 13.0. The molecule has 3 rings (SSSR count). The maximum absolute atomic E-state index is 12.9. The van der Waals surface area contributed by atoms with Crippen molar-refractivity contribution in [3.8, 4) is 0 Å². The molecule has 0 aromatic heterocycles. The zero-order valence-electron chi connectivity index (χ0n) is 16.0. The van der Waals surface area contributed by atoms with Gasteiger partial charge in [-0.2, -0.15) is 16.1 Å². The first-order valence-corrected chi connectivity index (χ1v) is 12.4. The van der Waals surface area contributed by atoms with E-state index in [1.807, 2.05) is 30.8 Å². The molecule has 0 radical (unpaired) electrons. The molecule has 2 aliphatic rings. The molecule has 1 amide bonds. The van der Waals surface area contributed by atoms with Crippen LogP contribution < -0.4 is 5.32 Å². The number of hydrogen-bond donors (Lipinski definition) is 1. The van der Waals surface area contributed by atoms with E-state index in [2.05, 4.69) is 5.32 Å². The Hall–Kier alpha value is -1.05. The molecule has 1 atom stereocenters. The van der Waals surface area contributed by atoms with E-state index in [-0.39, 0.29) is 18.4 Å². The molecule has 1 heterocycles. The van der Waals surface area contributed by atoms with Crippen LogP contribution in [0, 0.1) is 12.8 Å². The number of nitrogens with zero attached hydrogens (tertiary/aromatic N) is 1. The van der Waals surface area contributed by atoms with Crippen LogP contribution in [0.5, 0.6) is 0 Å². The summed E-state index contributed by atoms with van der Waals surface area (Å²) >= 11 is 1.95. The van der Waals surface area contributed by atoms with Crippen LogP contribution in [0.2, 0.25) is 0 Å². The number of amides is 1. The van der Waals surface area contributed by atoms with Gasteiger partial charge < -0.3 is 5.32 Å². The van der Waals surface area contributed by atoms with Crippen molar-refractivity contribution in [3.05, 3.63) is 29.8 Å². The Labute approximate surface area is 167 Å². The minimum Gasteiger partial charge on any atom is -0.355 e. The van der Waals surface area contributed by atoms with E-state index in [0.717, 1.165) is 29.4 Å². The van der Waals surface area contributed by atoms with E-state index in [0.29, 0.717) is 18.0 Å². The SMILES string of the molecule is Cc1ccc(S(=O)(=O)N2CCC[C@@H](C(=O)NCCSC3CCCC3)C2)cc1. The lowest BCUT2D eigenvalue weighted by Gasteiger charge is -2.31. The number of carbonyl (C=O) groups is 1. The summed E-state index contributed by atoms with van der Waals surface area (Å²) in [5, 5.41) is 3.77. The zero-order chi connectivity index (χ0) is 19.3. The normalized spacial score (nSPS) is 22.0. The molecule has 1 aromatic rings. The number of nitrogens with one attached hydrogen (secondary N) is 1. The van der Waals surface area contributed by atoms with Crippen molar-refractivity contribution in [1.82, 2.24) is 9.62 Å². The lowest BCUT2D eigenvalue weighted by atomic mass is 9.99. The van der Waals surface area contributed by atoms with Crippen LogP contribution in [0.15, 0.2) is 29.2 Å². The van der Waals surface area contributed by atoms with Crippen LogP contribution in [0.4, 0.5) is 0 Å². The van der Waals surface area contributed by atoms with Crippen LogP contribution in [-0.4, -0.2) is 49.3 Å². The standard InChI is InChI=1S/C20H30N2O3S2/c1-16-8-10-19(11-9-16)27(24,25)22-13-4-5-17(15-22)20(23)21-12-14-26-18-6-2-3-7-18/h8-11,17-18H,2-7,12-15H2,1H3,(H,21,23)/t17-/m1/s1. The first kappa shape index (κ1) is 20.7. The van der Waals surface area contributed by atoms with Crippen LogP contribution in [0.25, 0.3) is 0 Å². The van der Waals surface area contributed by atoms with Crippen molar-refractivity contribution in [3.63, 3.8) is 0 Å². The highest BCUT2D eigenvalue weighted by Crippen LogP contribution is 2.29. The summed E-state index contributed by atoms with van der Waals surface area (Å²) in [4.78, 5) is 12.8. The molecule has 0 spiro atoms. The minimum atomic E-state index is -3.53. The van der Waals surface area contributed by atoms with Gasteiger partial charge in [-0.25, -0.2) is 8.42 Å². The largest absolute Gasteiger partial charge is 0.355 e. The lowest BCUT2D eigenvalue weighted by molar-refractivity contribution is -0.125. The summed E-state index contributed by atoms with van der Waals surface area (Å²) in [7, 11) is -3.53. The van der Waals surface area contributed by atoms with E-state index in [1.54, 1.807) is 12.1 Å². The van der Waals surface area contributed by atoms with E-state index in [4.69, 9.17) is 0 Å². The van der Waals surface area contributed by atoms with Gasteiger partial charge in [0.05, 0.1) is 10.8 Å². The number of benzene rings is 1. The molecular formula is C20H30N2O3S2. The Morgan fingerprint density at radius 1 is 1.15 bits per heavy atom. The van der Waals surface area contributed by atoms with Gasteiger partial charge >= 0.3 is 0 Å². The Morgan fingerprint density at radius 2 is 1.85 bits per heavy atom. The highest BCUT2D eigenvalue weighted by Gasteiger charge is 2.33. The molecule has 0 bridgehead atoms. The summed E-state index contributed by atoms with van der Waals surface area (Å²) in [6, 6.07) is 6.91. The second-order valence-electron chi connectivity index (χ2n) is 7.58. The van der Waals surface area contributed by atoms with Crippen LogP contribution in [0.1, 0.15) is 44.1 Å². The summed E-state index contributed by atoms with van der Waals surface area (Å²) in [6.07, 6.45) is 6.73. The number of hydrogen-bond acceptors (Lipinski definition) is 4. The Kier molecular flexibility index (Phi) is 7.22. The smallest absolute Gasteiger partial charge is 0.243 e. The molecule has 1 saturated carbocycles. The van der Waals surface area contributed by atoms with Crippen molar-refractivity contribution in [2.75, 3.05) is 25.4 Å². The van der Waals surface area contributed by atoms with Crippen LogP contribution in [-0.2, 0) is 14.8 Å². The van der Waals surface area contributed by atoms with Gasteiger partial charge in [0.1, 0.15) is 0 Å². The average molecular weight is 411 g/mol. The van der Waals surface area contributed by atoms with Crippen LogP contribution >= 0.6 is 11.8 Å². The third kappa shape index (κ3) is 5.48. The summed E-state index contributed by atoms with van der Waals surface area (Å²) in [5.74, 6) is 0.676. The zero-order valence-corrected chi connectivity index (χ0v) is 17.7. The van der Waals surface area contributed by atoms with Crippen molar-refractivity contribution in [2.45, 2.75) is 55.6 Å². The Bertz CT molecular complexity index is 728. The maximum atomic E-state index is 12.9. The van der Waals surface area contributed by atoms with Gasteiger partial charge in [0, 0.05) is 30.6 Å². The van der Waals surface area contributed by atoms with Gasteiger partial charge in [0.2, 0.25) is 15.9 Å². The highest BCUT2D eigenvalue weighted by molar-refractivity contribution is 7.99. The highest BCUT2D eigenvalue weighted by atomic mass is 32.2. The first-order valence-electron chi connectivity index (χ1n) is 9.93. The molecular weight excluding hydrogens is 380 g/mol. The molecule has 5 nitrogen and oxygen atoms in total. The molecule has 1 aliphatic carbocycles. The molecule has 150 valence electrons. The number of thioether (sulfide) groups is 1. The number of aryl methyl sites for hydroxylation is 1. The Balaban J connectivity index is 1.50. The fourth-order valence-corrected chi connectivity index (χ4v) is 6.58. The van der Waals surface area contributed by atoms with Crippen molar-refractivity contribution >= 4 is 27.7 Å². The second-order valence-corrected chi connectivity index (χ2v) is 10.9. The van der Waals surface area contributed by atoms with Gasteiger partial charge in [0.15, 0.2) is 0 Å². The molecule has 27 heavy (non-hydrogen) atoms. The van der Waals surface area contributed by atoms with E-state index in [1.165, 1.54) is 30.0 Å². The molecule has 7 heteroatoms. The van der Waals surface area contributed by atoms with E-state index < -0.39 is 10.0 Å². The third-order valence-corrected chi connectivity index (χ3v) is 8.73. The van der Waals surface area contributed by atoms with Crippen LogP contribution in [0.3, 0.4) is 0 Å². The van der Waals surface area contributed by atoms with Gasteiger partial charge in [0.25, 0.3) is 0 Å². The topological polar surface area (TPSA) is 66.5 Å². The molecule has 0 unspecified atom stereocenters. The molecule has 1 aliphatic heterocycles. The molecule has 1 aromatic carbocycles. The average Bonchev–Trinajstić information content (AvgIpc) is 3.19. The quantitative estimate of drug-likeness (QED) is 0.701. The van der Waals surface area contributed by atoms with Crippen molar-refractivity contribution < 1.29 is 13.2 Å². The fourth-order valence-electron chi connectivity index (χ4n) is 3.83. The van der Waals surface area contributed by atoms with Gasteiger partial charge in [-0.1, -0.05) is 30.5 Å². The number of piperidine rings is 1. The van der Waals surface area contributed by atoms with Gasteiger partial charge in [-0.3, -0.25) is 4.79 Å². The number of rotatable bonds is 7. The minimum absolute atomic E-state index is 0.00849. The summed E-state index contributed by atoms with van der Waals surface area (Å²) < 4.78 is 27.2. The lowest BCUT2D eigenvalue weighted by Crippen LogP contribution is -2.45. The number of carbonyl (C=O) groups excluding carboxylic acids is 1. The predicted molar refractivity (Wildman–Crippen MR) is 110 cm³/mol. The van der Waals surface area contributed by atoms with Crippen molar-refractivity contribution in [1.29, 1.82) is 0 Å². The van der Waals surface area contributed by atoms with E-state index >= 15 is 0 Å². The maximum Gasteiger partial charge on any atom is 0.243 e. The van der Waals surface area contributed by atoms with E-state index in [9.17, 15) is 13.2 Å². The molecule has 1 N–H and O–H groups in total. The third-order valence-electron chi connectivity index (χ3n) is 5.47. The predicted octanol–water partition coefficient (Wildman–Crippen LogP) is 3.19. The van der Waals surface area contributed by atoms with Crippen molar-refractivity contribution in [2.24, 2.45) is 5.92 Å². The monoisotopic (exact) mass is 410 g/mol. The fraction of sp³-hybridized carbons (Fsp3) is 0.650. The molecule has 2 fully saturated rings. The number of sulfonamides is 1. The van der Waals surface area contributed by atoms with Gasteiger partial charge in [-0.15, -0.1) is 0 Å². The molecule has 1 saturated heterocycles. The second kappa shape index (κ2) is 9.43. The Morgan fingerprint density at radius 3 is 2.56 bits per heavy atom. The summed E-state index contributed by atoms with van der Waals surface area (Å²) in [6.45, 7) is 3.36. The van der Waals surface area contributed by atoms with Gasteiger partial charge in [-0.05, 0) is 44.7 Å². The summed E-state index contributed by atoms with van der Waals surface area (Å²) in [5.41, 5.74) is 1.03.